The fourth-order valence-electron chi connectivity index (χ4n) is 4.59. The summed E-state index contributed by atoms with van der Waals surface area (Å²) in [5, 5.41) is 22.0. The quantitative estimate of drug-likeness (QED) is 0.392. The van der Waals surface area contributed by atoms with Gasteiger partial charge in [0.2, 0.25) is 5.91 Å². The number of hydrogen-bond donors (Lipinski definition) is 4. The van der Waals surface area contributed by atoms with Crippen LogP contribution in [0.15, 0.2) is 59.8 Å². The number of amides is 1. The van der Waals surface area contributed by atoms with Crippen molar-refractivity contribution in [3.8, 4) is 5.75 Å². The summed E-state index contributed by atoms with van der Waals surface area (Å²) in [6.07, 6.45) is 4.59. The largest absolute Gasteiger partial charge is 0.497 e. The van der Waals surface area contributed by atoms with Crippen LogP contribution in [0, 0.1) is 0 Å². The molecule has 3 aromatic rings. The highest BCUT2D eigenvalue weighted by molar-refractivity contribution is 8.00. The fraction of sp³-hybridized carbons (Fsp3) is 0.346. The average Bonchev–Trinajstić information content (AvgIpc) is 2.88. The van der Waals surface area contributed by atoms with Crippen molar-refractivity contribution in [1.29, 1.82) is 0 Å². The van der Waals surface area contributed by atoms with Gasteiger partial charge in [0.25, 0.3) is 0 Å². The minimum Gasteiger partial charge on any atom is -0.497 e. The van der Waals surface area contributed by atoms with Crippen molar-refractivity contribution >= 4 is 40.1 Å². The SMILES string of the molecule is C=C(Nc1ccnc2ccc(OC)cc12)C1(O)CCC(NCc2ccc3c(n2)NC(=O)CS3)CC1. The Labute approximate surface area is 208 Å². The number of methoxy groups -OCH3 is 1. The Hall–Kier alpha value is -3.14. The van der Waals surface area contributed by atoms with Crippen LogP contribution in [0.3, 0.4) is 0 Å². The molecule has 35 heavy (non-hydrogen) atoms. The summed E-state index contributed by atoms with van der Waals surface area (Å²) >= 11 is 1.51. The van der Waals surface area contributed by atoms with Crippen molar-refractivity contribution in [2.45, 2.75) is 48.8 Å². The first-order valence-electron chi connectivity index (χ1n) is 11.7. The van der Waals surface area contributed by atoms with Crippen LogP contribution >= 0.6 is 11.8 Å². The smallest absolute Gasteiger partial charge is 0.235 e. The molecule has 1 amide bonds. The molecule has 3 heterocycles. The lowest BCUT2D eigenvalue weighted by Crippen LogP contribution is -2.43. The van der Waals surface area contributed by atoms with Crippen molar-refractivity contribution in [2.75, 3.05) is 23.5 Å². The number of rotatable bonds is 7. The molecule has 0 bridgehead atoms. The van der Waals surface area contributed by atoms with Gasteiger partial charge in [0.1, 0.15) is 17.2 Å². The van der Waals surface area contributed by atoms with E-state index in [4.69, 9.17) is 4.74 Å². The molecule has 0 saturated heterocycles. The van der Waals surface area contributed by atoms with Crippen molar-refractivity contribution in [1.82, 2.24) is 15.3 Å². The van der Waals surface area contributed by atoms with Gasteiger partial charge >= 0.3 is 0 Å². The summed E-state index contributed by atoms with van der Waals surface area (Å²) in [4.78, 5) is 21.6. The van der Waals surface area contributed by atoms with Crippen LogP contribution < -0.4 is 20.7 Å². The van der Waals surface area contributed by atoms with E-state index < -0.39 is 5.60 Å². The second-order valence-electron chi connectivity index (χ2n) is 9.02. The van der Waals surface area contributed by atoms with Crippen LogP contribution in [0.1, 0.15) is 31.4 Å². The number of hydrogen-bond acceptors (Lipinski definition) is 8. The lowest BCUT2D eigenvalue weighted by Gasteiger charge is -2.38. The number of nitrogens with zero attached hydrogens (tertiary/aromatic N) is 2. The maximum Gasteiger partial charge on any atom is 0.235 e. The van der Waals surface area contributed by atoms with E-state index in [0.717, 1.165) is 45.8 Å². The Bertz CT molecular complexity index is 1270. The first-order chi connectivity index (χ1) is 16.9. The summed E-state index contributed by atoms with van der Waals surface area (Å²) in [5.74, 6) is 1.81. The summed E-state index contributed by atoms with van der Waals surface area (Å²) in [6.45, 7) is 4.79. The summed E-state index contributed by atoms with van der Waals surface area (Å²) < 4.78 is 5.36. The maximum atomic E-state index is 11.6. The molecule has 1 fully saturated rings. The Morgan fingerprint density at radius 2 is 2.11 bits per heavy atom. The highest BCUT2D eigenvalue weighted by Crippen LogP contribution is 2.36. The Morgan fingerprint density at radius 3 is 2.91 bits per heavy atom. The van der Waals surface area contributed by atoms with Gasteiger partial charge in [0.05, 0.1) is 29.0 Å². The molecular formula is C26H29N5O3S. The van der Waals surface area contributed by atoms with E-state index in [2.05, 4.69) is 32.5 Å². The van der Waals surface area contributed by atoms with Crippen molar-refractivity contribution in [3.05, 3.63) is 60.6 Å². The molecule has 182 valence electrons. The zero-order valence-corrected chi connectivity index (χ0v) is 20.5. The normalized spacial score (nSPS) is 21.8. The Morgan fingerprint density at radius 1 is 1.29 bits per heavy atom. The maximum absolute atomic E-state index is 11.6. The molecule has 2 aromatic heterocycles. The highest BCUT2D eigenvalue weighted by Gasteiger charge is 2.36. The number of ether oxygens (including phenoxy) is 1. The second-order valence-corrected chi connectivity index (χ2v) is 10.0. The number of anilines is 2. The predicted molar refractivity (Wildman–Crippen MR) is 139 cm³/mol. The standard InChI is InChI=1S/C26H29N5O3S/c1-16(29-22-9-12-27-21-5-4-19(34-2)13-20(21)22)26(33)10-7-17(8-11-26)28-14-18-3-6-23-25(30-18)31-24(32)15-35-23/h3-6,9,12-13,17,28,33H,1,7-8,10-11,14-15H2,2H3,(H,27,29)(H,30,31,32). The third-order valence-corrected chi connectivity index (χ3v) is 7.76. The van der Waals surface area contributed by atoms with E-state index in [9.17, 15) is 9.90 Å². The number of aromatic nitrogens is 2. The van der Waals surface area contributed by atoms with E-state index in [1.807, 2.05) is 36.4 Å². The first-order valence-corrected chi connectivity index (χ1v) is 12.7. The molecule has 0 radical (unpaired) electrons. The van der Waals surface area contributed by atoms with E-state index in [0.29, 0.717) is 36.7 Å². The van der Waals surface area contributed by atoms with Crippen molar-refractivity contribution in [3.63, 3.8) is 0 Å². The van der Waals surface area contributed by atoms with Gasteiger partial charge in [0, 0.05) is 35.6 Å². The van der Waals surface area contributed by atoms with Gasteiger partial charge in [-0.1, -0.05) is 6.58 Å². The van der Waals surface area contributed by atoms with Gasteiger partial charge in [-0.2, -0.15) is 0 Å². The third kappa shape index (κ3) is 5.12. The van der Waals surface area contributed by atoms with Crippen LogP contribution in [-0.2, 0) is 11.3 Å². The lowest BCUT2D eigenvalue weighted by molar-refractivity contribution is -0.113. The van der Waals surface area contributed by atoms with Gasteiger partial charge in [-0.15, -0.1) is 11.8 Å². The van der Waals surface area contributed by atoms with Crippen molar-refractivity contribution in [2.24, 2.45) is 0 Å². The molecule has 1 saturated carbocycles. The summed E-state index contributed by atoms with van der Waals surface area (Å²) in [5.41, 5.74) is 2.18. The monoisotopic (exact) mass is 491 g/mol. The molecule has 4 N–H and O–H groups in total. The molecule has 0 spiro atoms. The third-order valence-electron chi connectivity index (χ3n) is 6.71. The van der Waals surface area contributed by atoms with Crippen LogP contribution in [-0.4, -0.2) is 45.5 Å². The number of nitrogens with one attached hydrogen (secondary N) is 3. The lowest BCUT2D eigenvalue weighted by atomic mass is 9.80. The minimum atomic E-state index is -0.988. The summed E-state index contributed by atoms with van der Waals surface area (Å²) in [6, 6.07) is 11.9. The van der Waals surface area contributed by atoms with E-state index >= 15 is 0 Å². The average molecular weight is 492 g/mol. The molecule has 0 unspecified atom stereocenters. The zero-order valence-electron chi connectivity index (χ0n) is 19.6. The molecule has 1 aliphatic carbocycles. The zero-order chi connectivity index (χ0) is 24.4. The predicted octanol–water partition coefficient (Wildman–Crippen LogP) is 4.07. The number of thioether (sulfide) groups is 1. The van der Waals surface area contributed by atoms with Crippen LogP contribution in [0.25, 0.3) is 10.9 Å². The van der Waals surface area contributed by atoms with E-state index in [1.165, 1.54) is 11.8 Å². The van der Waals surface area contributed by atoms with Gasteiger partial charge in [-0.3, -0.25) is 9.78 Å². The molecule has 2 aliphatic rings. The van der Waals surface area contributed by atoms with Crippen LogP contribution in [0.5, 0.6) is 5.75 Å². The number of carbonyl (C=O) groups is 1. The number of aliphatic hydroxyl groups is 1. The van der Waals surface area contributed by atoms with Crippen LogP contribution in [0.2, 0.25) is 0 Å². The van der Waals surface area contributed by atoms with Gasteiger partial charge in [-0.05, 0) is 62.1 Å². The first kappa shape index (κ1) is 23.6. The molecule has 5 rings (SSSR count). The molecule has 9 heteroatoms. The number of carbonyl (C=O) groups excluding carboxylic acids is 1. The van der Waals surface area contributed by atoms with Crippen LogP contribution in [0.4, 0.5) is 11.5 Å². The van der Waals surface area contributed by atoms with Gasteiger partial charge in [-0.25, -0.2) is 4.98 Å². The van der Waals surface area contributed by atoms with Crippen molar-refractivity contribution < 1.29 is 14.6 Å². The minimum absolute atomic E-state index is 0.0144. The second kappa shape index (κ2) is 9.85. The molecular weight excluding hydrogens is 462 g/mol. The molecule has 0 atom stereocenters. The number of fused-ring (bicyclic) bond motifs is 2. The molecule has 1 aromatic carbocycles. The van der Waals surface area contributed by atoms with E-state index in [1.54, 1.807) is 13.3 Å². The summed E-state index contributed by atoms with van der Waals surface area (Å²) in [7, 11) is 1.64. The molecule has 1 aliphatic heterocycles. The topological polar surface area (TPSA) is 108 Å². The Balaban J connectivity index is 1.18. The van der Waals surface area contributed by atoms with Gasteiger partial charge < -0.3 is 25.8 Å². The molecule has 8 nitrogen and oxygen atoms in total. The number of benzene rings is 1. The van der Waals surface area contributed by atoms with E-state index in [-0.39, 0.29) is 11.9 Å². The highest BCUT2D eigenvalue weighted by atomic mass is 32.2. The fourth-order valence-corrected chi connectivity index (χ4v) is 5.35. The Kier molecular flexibility index (Phi) is 6.64. The van der Waals surface area contributed by atoms with Gasteiger partial charge in [0.15, 0.2) is 0 Å². The number of pyridine rings is 2.